The number of amides is 1. The van der Waals surface area contributed by atoms with Gasteiger partial charge in [-0.25, -0.2) is 4.98 Å². The Kier molecular flexibility index (Phi) is 5.97. The highest BCUT2D eigenvalue weighted by Crippen LogP contribution is 2.38. The molecule has 0 bridgehead atoms. The SMILES string of the molecule is O=C(COc1cc(C(F)(F)F)cc(C(F)(F)F)c1)Nc1nc(-c2ccccn2)cs1. The average Bonchev–Trinajstić information content (AvgIpc) is 3.14. The van der Waals surface area contributed by atoms with Gasteiger partial charge in [0.25, 0.3) is 5.91 Å². The van der Waals surface area contributed by atoms with Crippen LogP contribution in [0, 0.1) is 0 Å². The van der Waals surface area contributed by atoms with E-state index in [4.69, 9.17) is 4.74 Å². The van der Waals surface area contributed by atoms with Gasteiger partial charge in [-0.1, -0.05) is 6.07 Å². The summed E-state index contributed by atoms with van der Waals surface area (Å²) in [6, 6.07) is 5.93. The van der Waals surface area contributed by atoms with Gasteiger partial charge in [-0.05, 0) is 30.3 Å². The van der Waals surface area contributed by atoms with Crippen molar-refractivity contribution >= 4 is 22.4 Å². The van der Waals surface area contributed by atoms with Crippen LogP contribution in [0.15, 0.2) is 48.0 Å². The number of aromatic nitrogens is 2. The molecule has 0 aliphatic heterocycles. The number of halogens is 6. The summed E-state index contributed by atoms with van der Waals surface area (Å²) in [5.41, 5.74) is -2.01. The van der Waals surface area contributed by atoms with E-state index in [1.165, 1.54) is 0 Å². The highest BCUT2D eigenvalue weighted by Gasteiger charge is 2.37. The van der Waals surface area contributed by atoms with Crippen molar-refractivity contribution in [3.63, 3.8) is 0 Å². The maximum Gasteiger partial charge on any atom is 0.416 e. The minimum atomic E-state index is -5.01. The molecule has 1 aromatic carbocycles. The zero-order valence-corrected chi connectivity index (χ0v) is 15.5. The normalized spacial score (nSPS) is 11.9. The molecule has 2 aromatic heterocycles. The molecule has 0 atom stereocenters. The molecule has 0 aliphatic carbocycles. The first-order valence-electron chi connectivity index (χ1n) is 8.11. The Morgan fingerprint density at radius 1 is 1.00 bits per heavy atom. The van der Waals surface area contributed by atoms with E-state index in [0.717, 1.165) is 11.3 Å². The predicted molar refractivity (Wildman–Crippen MR) is 95.9 cm³/mol. The summed E-state index contributed by atoms with van der Waals surface area (Å²) < 4.78 is 82.0. The summed E-state index contributed by atoms with van der Waals surface area (Å²) in [5.74, 6) is -1.54. The smallest absolute Gasteiger partial charge is 0.416 e. The Bertz CT molecular complexity index is 1000. The Hall–Kier alpha value is -3.15. The van der Waals surface area contributed by atoms with Crippen molar-refractivity contribution in [2.75, 3.05) is 11.9 Å². The van der Waals surface area contributed by atoms with Crippen molar-refractivity contribution < 1.29 is 35.9 Å². The predicted octanol–water partition coefficient (Wildman–Crippen LogP) is 5.26. The molecule has 0 radical (unpaired) electrons. The fourth-order valence-corrected chi connectivity index (χ4v) is 3.00. The number of carbonyl (C=O) groups is 1. The van der Waals surface area contributed by atoms with Crippen LogP contribution in [-0.2, 0) is 17.1 Å². The number of pyridine rings is 1. The van der Waals surface area contributed by atoms with Gasteiger partial charge in [-0.2, -0.15) is 26.3 Å². The largest absolute Gasteiger partial charge is 0.484 e. The third-order valence-electron chi connectivity index (χ3n) is 3.61. The Morgan fingerprint density at radius 3 is 2.23 bits per heavy atom. The molecular weight excluding hydrogens is 436 g/mol. The van der Waals surface area contributed by atoms with E-state index in [0.29, 0.717) is 23.5 Å². The molecule has 0 saturated carbocycles. The van der Waals surface area contributed by atoms with Crippen molar-refractivity contribution in [3.8, 4) is 17.1 Å². The molecule has 5 nitrogen and oxygen atoms in total. The number of thiazole rings is 1. The van der Waals surface area contributed by atoms with Crippen LogP contribution in [-0.4, -0.2) is 22.5 Å². The van der Waals surface area contributed by atoms with Crippen LogP contribution in [0.3, 0.4) is 0 Å². The number of ether oxygens (including phenoxy) is 1. The molecule has 158 valence electrons. The van der Waals surface area contributed by atoms with Crippen molar-refractivity contribution in [1.29, 1.82) is 0 Å². The second-order valence-corrected chi connectivity index (χ2v) is 6.69. The van der Waals surface area contributed by atoms with Crippen molar-refractivity contribution in [1.82, 2.24) is 9.97 Å². The van der Waals surface area contributed by atoms with Crippen molar-refractivity contribution in [2.24, 2.45) is 0 Å². The lowest BCUT2D eigenvalue weighted by Gasteiger charge is -2.14. The van der Waals surface area contributed by atoms with Gasteiger partial charge in [0.15, 0.2) is 11.7 Å². The summed E-state index contributed by atoms with van der Waals surface area (Å²) in [6.07, 6.45) is -8.46. The minimum Gasteiger partial charge on any atom is -0.484 e. The number of anilines is 1. The number of alkyl halides is 6. The summed E-state index contributed by atoms with van der Waals surface area (Å²) in [5, 5.41) is 4.16. The fraction of sp³-hybridized carbons (Fsp3) is 0.167. The summed E-state index contributed by atoms with van der Waals surface area (Å²) in [7, 11) is 0. The van der Waals surface area contributed by atoms with Crippen molar-refractivity contribution in [2.45, 2.75) is 12.4 Å². The molecule has 0 fully saturated rings. The first kappa shape index (κ1) is 21.6. The van der Waals surface area contributed by atoms with Gasteiger partial charge in [0.1, 0.15) is 11.4 Å². The van der Waals surface area contributed by atoms with Crippen LogP contribution < -0.4 is 10.1 Å². The van der Waals surface area contributed by atoms with E-state index in [1.807, 2.05) is 0 Å². The number of hydrogen-bond donors (Lipinski definition) is 1. The standard InChI is InChI=1S/C18H11F6N3O2S/c19-17(20,21)10-5-11(18(22,23)24)7-12(6-10)29-8-15(28)27-16-26-14(9-30-16)13-3-1-2-4-25-13/h1-7,9H,8H2,(H,26,27,28). The van der Waals surface area contributed by atoms with Gasteiger partial charge in [0.2, 0.25) is 0 Å². The van der Waals surface area contributed by atoms with E-state index < -0.39 is 41.7 Å². The lowest BCUT2D eigenvalue weighted by molar-refractivity contribution is -0.143. The van der Waals surface area contributed by atoms with Gasteiger partial charge in [0, 0.05) is 11.6 Å². The number of carbonyl (C=O) groups excluding carboxylic acids is 1. The molecule has 0 saturated heterocycles. The van der Waals surface area contributed by atoms with Crippen LogP contribution in [0.25, 0.3) is 11.4 Å². The van der Waals surface area contributed by atoms with E-state index >= 15 is 0 Å². The quantitative estimate of drug-likeness (QED) is 0.542. The Balaban J connectivity index is 1.68. The monoisotopic (exact) mass is 447 g/mol. The summed E-state index contributed by atoms with van der Waals surface area (Å²) in [6.45, 7) is -0.808. The number of hydrogen-bond acceptors (Lipinski definition) is 5. The highest BCUT2D eigenvalue weighted by molar-refractivity contribution is 7.14. The van der Waals surface area contributed by atoms with Crippen LogP contribution in [0.5, 0.6) is 5.75 Å². The third-order valence-corrected chi connectivity index (χ3v) is 4.37. The molecule has 1 N–H and O–H groups in total. The molecule has 2 heterocycles. The fourth-order valence-electron chi connectivity index (χ4n) is 2.28. The first-order valence-corrected chi connectivity index (χ1v) is 8.99. The highest BCUT2D eigenvalue weighted by atomic mass is 32.1. The maximum atomic E-state index is 12.9. The van der Waals surface area contributed by atoms with E-state index in [9.17, 15) is 31.1 Å². The number of nitrogens with zero attached hydrogens (tertiary/aromatic N) is 2. The van der Waals surface area contributed by atoms with Gasteiger partial charge in [-0.15, -0.1) is 11.3 Å². The number of benzene rings is 1. The maximum absolute atomic E-state index is 12.9. The molecule has 1 amide bonds. The molecule has 3 aromatic rings. The summed E-state index contributed by atoms with van der Waals surface area (Å²) in [4.78, 5) is 20.2. The van der Waals surface area contributed by atoms with Gasteiger partial charge >= 0.3 is 12.4 Å². The van der Waals surface area contributed by atoms with Crippen LogP contribution in [0.2, 0.25) is 0 Å². The van der Waals surface area contributed by atoms with Gasteiger partial charge in [-0.3, -0.25) is 15.1 Å². The topological polar surface area (TPSA) is 64.1 Å². The average molecular weight is 447 g/mol. The van der Waals surface area contributed by atoms with Gasteiger partial charge < -0.3 is 4.74 Å². The lowest BCUT2D eigenvalue weighted by Crippen LogP contribution is -2.20. The van der Waals surface area contributed by atoms with Crippen LogP contribution in [0.1, 0.15) is 11.1 Å². The van der Waals surface area contributed by atoms with Crippen LogP contribution >= 0.6 is 11.3 Å². The molecule has 0 aliphatic rings. The summed E-state index contributed by atoms with van der Waals surface area (Å²) >= 11 is 1.07. The number of rotatable bonds is 5. The first-order chi connectivity index (χ1) is 14.0. The van der Waals surface area contributed by atoms with E-state index in [2.05, 4.69) is 15.3 Å². The Labute approximate surface area is 169 Å². The molecular formula is C18H11F6N3O2S. The minimum absolute atomic E-state index is 0.0261. The molecule has 0 unspecified atom stereocenters. The third kappa shape index (κ3) is 5.47. The molecule has 0 spiro atoms. The second-order valence-electron chi connectivity index (χ2n) is 5.83. The number of nitrogens with one attached hydrogen (secondary N) is 1. The lowest BCUT2D eigenvalue weighted by atomic mass is 10.1. The molecule has 3 rings (SSSR count). The molecule has 30 heavy (non-hydrogen) atoms. The van der Waals surface area contributed by atoms with Crippen molar-refractivity contribution in [3.05, 3.63) is 59.1 Å². The van der Waals surface area contributed by atoms with E-state index in [1.54, 1.807) is 29.8 Å². The van der Waals surface area contributed by atoms with Crippen LogP contribution in [0.4, 0.5) is 31.5 Å². The zero-order valence-electron chi connectivity index (χ0n) is 14.7. The van der Waals surface area contributed by atoms with Gasteiger partial charge in [0.05, 0.1) is 16.8 Å². The zero-order chi connectivity index (χ0) is 21.9. The van der Waals surface area contributed by atoms with E-state index in [-0.39, 0.29) is 11.2 Å². The Morgan fingerprint density at radius 2 is 1.67 bits per heavy atom. The molecule has 12 heteroatoms. The second kappa shape index (κ2) is 8.30.